The number of piperidine rings is 1. The van der Waals surface area contributed by atoms with Gasteiger partial charge in [0.15, 0.2) is 6.10 Å². The standard InChI is InChI=1S/C23H34N2O5/c1-5-29-22(27)11-10-21(26)24-19-12-14-25(15-13-19)23(28)17(4)30-20-8-6-18(7-9-20)16(2)3/h6-9,16-17,19H,5,10-15H2,1-4H3,(H,24,26). The maximum atomic E-state index is 12.7. The van der Waals surface area contributed by atoms with Gasteiger partial charge < -0.3 is 19.7 Å². The molecule has 30 heavy (non-hydrogen) atoms. The highest BCUT2D eigenvalue weighted by atomic mass is 16.5. The molecule has 1 atom stereocenters. The van der Waals surface area contributed by atoms with Gasteiger partial charge in [0.2, 0.25) is 5.91 Å². The summed E-state index contributed by atoms with van der Waals surface area (Å²) in [4.78, 5) is 37.8. The Morgan fingerprint density at radius 2 is 1.70 bits per heavy atom. The molecule has 1 N–H and O–H groups in total. The van der Waals surface area contributed by atoms with Gasteiger partial charge in [-0.2, -0.15) is 0 Å². The Labute approximate surface area is 179 Å². The first kappa shape index (κ1) is 23.7. The number of ether oxygens (including phenoxy) is 2. The summed E-state index contributed by atoms with van der Waals surface area (Å²) in [5.41, 5.74) is 1.23. The van der Waals surface area contributed by atoms with Gasteiger partial charge in [-0.25, -0.2) is 0 Å². The Hall–Kier alpha value is -2.57. The SMILES string of the molecule is CCOC(=O)CCC(=O)NC1CCN(C(=O)C(C)Oc2ccc(C(C)C)cc2)CC1. The number of carbonyl (C=O) groups is 3. The minimum absolute atomic E-state index is 0.0172. The highest BCUT2D eigenvalue weighted by molar-refractivity contribution is 5.82. The van der Waals surface area contributed by atoms with Crippen molar-refractivity contribution in [3.63, 3.8) is 0 Å². The molecule has 0 spiro atoms. The van der Waals surface area contributed by atoms with E-state index in [-0.39, 0.29) is 36.7 Å². The minimum Gasteiger partial charge on any atom is -0.481 e. The molecule has 0 bridgehead atoms. The van der Waals surface area contributed by atoms with Gasteiger partial charge in [-0.1, -0.05) is 26.0 Å². The molecule has 1 heterocycles. The largest absolute Gasteiger partial charge is 0.481 e. The zero-order valence-corrected chi connectivity index (χ0v) is 18.5. The molecule has 7 heteroatoms. The number of esters is 1. The Morgan fingerprint density at radius 1 is 1.07 bits per heavy atom. The molecule has 2 rings (SSSR count). The highest BCUT2D eigenvalue weighted by Crippen LogP contribution is 2.20. The third kappa shape index (κ3) is 7.35. The summed E-state index contributed by atoms with van der Waals surface area (Å²) in [7, 11) is 0. The first-order valence-corrected chi connectivity index (χ1v) is 10.8. The summed E-state index contributed by atoms with van der Waals surface area (Å²) < 4.78 is 10.7. The van der Waals surface area contributed by atoms with E-state index in [1.54, 1.807) is 18.7 Å². The maximum Gasteiger partial charge on any atom is 0.306 e. The number of amides is 2. The lowest BCUT2D eigenvalue weighted by Crippen LogP contribution is -2.49. The lowest BCUT2D eigenvalue weighted by atomic mass is 10.0. The Kier molecular flexibility index (Phi) is 9.15. The summed E-state index contributed by atoms with van der Waals surface area (Å²) in [6, 6.07) is 7.86. The number of nitrogens with zero attached hydrogens (tertiary/aromatic N) is 1. The van der Waals surface area contributed by atoms with Crippen LogP contribution >= 0.6 is 0 Å². The molecule has 1 unspecified atom stereocenters. The van der Waals surface area contributed by atoms with Crippen molar-refractivity contribution in [2.24, 2.45) is 0 Å². The van der Waals surface area contributed by atoms with Crippen molar-refractivity contribution < 1.29 is 23.9 Å². The molecule has 1 aromatic rings. The van der Waals surface area contributed by atoms with Crippen molar-refractivity contribution in [1.82, 2.24) is 10.2 Å². The lowest BCUT2D eigenvalue weighted by molar-refractivity contribution is -0.144. The predicted molar refractivity (Wildman–Crippen MR) is 114 cm³/mol. The molecule has 2 amide bonds. The second-order valence-electron chi connectivity index (χ2n) is 7.96. The molecule has 0 saturated carbocycles. The van der Waals surface area contributed by atoms with E-state index in [2.05, 4.69) is 19.2 Å². The molecule has 1 aromatic carbocycles. The van der Waals surface area contributed by atoms with E-state index in [1.165, 1.54) is 5.56 Å². The predicted octanol–water partition coefficient (Wildman–Crippen LogP) is 3.03. The van der Waals surface area contributed by atoms with E-state index in [0.717, 1.165) is 0 Å². The molecular weight excluding hydrogens is 384 g/mol. The monoisotopic (exact) mass is 418 g/mol. The first-order valence-electron chi connectivity index (χ1n) is 10.8. The van der Waals surface area contributed by atoms with E-state index >= 15 is 0 Å². The average molecular weight is 419 g/mol. The van der Waals surface area contributed by atoms with Crippen LogP contribution in [0.25, 0.3) is 0 Å². The third-order valence-corrected chi connectivity index (χ3v) is 5.24. The summed E-state index contributed by atoms with van der Waals surface area (Å²) in [5, 5.41) is 2.94. The van der Waals surface area contributed by atoms with Crippen LogP contribution in [0.1, 0.15) is 64.9 Å². The molecule has 1 aliphatic heterocycles. The Balaban J connectivity index is 1.73. The van der Waals surface area contributed by atoms with Crippen LogP contribution < -0.4 is 10.1 Å². The van der Waals surface area contributed by atoms with Crippen LogP contribution in [0.5, 0.6) is 5.75 Å². The summed E-state index contributed by atoms with van der Waals surface area (Å²) >= 11 is 0. The average Bonchev–Trinajstić information content (AvgIpc) is 2.73. The van der Waals surface area contributed by atoms with Crippen LogP contribution in [0.3, 0.4) is 0 Å². The van der Waals surface area contributed by atoms with Gasteiger partial charge in [-0.05, 0) is 50.3 Å². The van der Waals surface area contributed by atoms with Gasteiger partial charge in [0.05, 0.1) is 13.0 Å². The van der Waals surface area contributed by atoms with Crippen LogP contribution in [0, 0.1) is 0 Å². The number of nitrogens with one attached hydrogen (secondary N) is 1. The molecule has 0 aliphatic carbocycles. The number of rotatable bonds is 9. The minimum atomic E-state index is -0.564. The van der Waals surface area contributed by atoms with Crippen molar-refractivity contribution in [2.45, 2.75) is 71.4 Å². The van der Waals surface area contributed by atoms with Crippen molar-refractivity contribution in [2.75, 3.05) is 19.7 Å². The Bertz CT molecular complexity index is 709. The second-order valence-corrected chi connectivity index (χ2v) is 7.96. The molecule has 1 saturated heterocycles. The normalized spacial score (nSPS) is 15.6. The van der Waals surface area contributed by atoms with E-state index in [1.807, 2.05) is 24.3 Å². The van der Waals surface area contributed by atoms with E-state index in [4.69, 9.17) is 9.47 Å². The van der Waals surface area contributed by atoms with Crippen LogP contribution in [-0.4, -0.2) is 54.5 Å². The highest BCUT2D eigenvalue weighted by Gasteiger charge is 2.27. The van der Waals surface area contributed by atoms with Gasteiger partial charge in [-0.3, -0.25) is 14.4 Å². The van der Waals surface area contributed by atoms with Crippen molar-refractivity contribution in [3.8, 4) is 5.75 Å². The van der Waals surface area contributed by atoms with Crippen molar-refractivity contribution >= 4 is 17.8 Å². The second kappa shape index (κ2) is 11.6. The summed E-state index contributed by atoms with van der Waals surface area (Å²) in [6.07, 6.45) is 1.02. The zero-order chi connectivity index (χ0) is 22.1. The fraction of sp³-hybridized carbons (Fsp3) is 0.609. The molecule has 1 aliphatic rings. The molecule has 7 nitrogen and oxygen atoms in total. The van der Waals surface area contributed by atoms with Crippen molar-refractivity contribution in [1.29, 1.82) is 0 Å². The van der Waals surface area contributed by atoms with E-state index in [9.17, 15) is 14.4 Å². The maximum absolute atomic E-state index is 12.7. The van der Waals surface area contributed by atoms with Crippen LogP contribution in [0.2, 0.25) is 0 Å². The van der Waals surface area contributed by atoms with Crippen molar-refractivity contribution in [3.05, 3.63) is 29.8 Å². The number of hydrogen-bond donors (Lipinski definition) is 1. The number of likely N-dealkylation sites (tertiary alicyclic amines) is 1. The van der Waals surface area contributed by atoms with Gasteiger partial charge in [0, 0.05) is 25.6 Å². The molecule has 0 aromatic heterocycles. The van der Waals surface area contributed by atoms with Crippen LogP contribution in [-0.2, 0) is 19.1 Å². The Morgan fingerprint density at radius 3 is 2.27 bits per heavy atom. The summed E-state index contributed by atoms with van der Waals surface area (Å²) in [6.45, 7) is 9.23. The first-order chi connectivity index (χ1) is 14.3. The number of carbonyl (C=O) groups excluding carboxylic acids is 3. The lowest BCUT2D eigenvalue weighted by Gasteiger charge is -2.33. The molecule has 166 valence electrons. The van der Waals surface area contributed by atoms with Gasteiger partial charge in [0.25, 0.3) is 5.91 Å². The summed E-state index contributed by atoms with van der Waals surface area (Å²) in [5.74, 6) is 0.569. The number of hydrogen-bond acceptors (Lipinski definition) is 5. The van der Waals surface area contributed by atoms with E-state index < -0.39 is 6.10 Å². The quantitative estimate of drug-likeness (QED) is 0.623. The smallest absolute Gasteiger partial charge is 0.306 e. The van der Waals surface area contributed by atoms with Crippen LogP contribution in [0.4, 0.5) is 0 Å². The van der Waals surface area contributed by atoms with Crippen LogP contribution in [0.15, 0.2) is 24.3 Å². The van der Waals surface area contributed by atoms with Gasteiger partial charge >= 0.3 is 5.97 Å². The van der Waals surface area contributed by atoms with Gasteiger partial charge in [0.1, 0.15) is 5.75 Å². The molecule has 0 radical (unpaired) electrons. The molecular formula is C23H34N2O5. The zero-order valence-electron chi connectivity index (χ0n) is 18.5. The fourth-order valence-corrected chi connectivity index (χ4v) is 3.44. The van der Waals surface area contributed by atoms with Gasteiger partial charge in [-0.15, -0.1) is 0 Å². The number of benzene rings is 1. The van der Waals surface area contributed by atoms with E-state index in [0.29, 0.717) is 44.2 Å². The third-order valence-electron chi connectivity index (χ3n) is 5.24. The fourth-order valence-electron chi connectivity index (χ4n) is 3.44. The molecule has 1 fully saturated rings. The topological polar surface area (TPSA) is 84.9 Å².